The molecular formula is C18H19FN6O3. The van der Waals surface area contributed by atoms with Gasteiger partial charge in [-0.1, -0.05) is 13.3 Å². The molecule has 0 aliphatic rings. The molecule has 10 heteroatoms. The number of nitrogens with one attached hydrogen (secondary N) is 2. The van der Waals surface area contributed by atoms with Crippen molar-refractivity contribution in [1.29, 1.82) is 0 Å². The summed E-state index contributed by atoms with van der Waals surface area (Å²) in [6, 6.07) is 4.11. The number of carbonyl (C=O) groups is 2. The van der Waals surface area contributed by atoms with Crippen LogP contribution >= 0.6 is 0 Å². The highest BCUT2D eigenvalue weighted by atomic mass is 19.1. The van der Waals surface area contributed by atoms with E-state index in [0.717, 1.165) is 0 Å². The number of benzene rings is 1. The molecule has 0 aliphatic heterocycles. The van der Waals surface area contributed by atoms with Gasteiger partial charge in [0, 0.05) is 5.69 Å². The van der Waals surface area contributed by atoms with Gasteiger partial charge in [0.25, 0.3) is 5.91 Å². The molecule has 1 amide bonds. The third kappa shape index (κ3) is 3.61. The van der Waals surface area contributed by atoms with Gasteiger partial charge in [0.2, 0.25) is 0 Å². The van der Waals surface area contributed by atoms with Gasteiger partial charge < -0.3 is 15.0 Å². The fourth-order valence-corrected chi connectivity index (χ4v) is 2.96. The first-order valence-electron chi connectivity index (χ1n) is 8.60. The summed E-state index contributed by atoms with van der Waals surface area (Å²) in [5, 5.41) is 13.3. The number of H-pyrrole nitrogens is 1. The van der Waals surface area contributed by atoms with Crippen LogP contribution in [0, 0.1) is 12.7 Å². The number of anilines is 1. The standard InChI is InChI=1S/C18H19FN6O3/c1-4-5-12-15(18(27)28-3)10(2)21-16(12)17(26)22-14-8-11(6-7-13(14)19)25-9-20-23-24-25/h6-9,21H,4-5H2,1-3H3,(H,22,26). The molecular weight excluding hydrogens is 367 g/mol. The van der Waals surface area contributed by atoms with Crippen LogP contribution in [0.25, 0.3) is 5.69 Å². The smallest absolute Gasteiger partial charge is 0.339 e. The van der Waals surface area contributed by atoms with Gasteiger partial charge >= 0.3 is 5.97 Å². The number of tetrazole rings is 1. The Balaban J connectivity index is 1.96. The lowest BCUT2D eigenvalue weighted by Gasteiger charge is -2.09. The topological polar surface area (TPSA) is 115 Å². The zero-order valence-electron chi connectivity index (χ0n) is 15.6. The number of nitrogens with zero attached hydrogens (tertiary/aromatic N) is 4. The Morgan fingerprint density at radius 2 is 2.14 bits per heavy atom. The van der Waals surface area contributed by atoms with E-state index in [1.165, 1.54) is 36.3 Å². The Hall–Kier alpha value is -3.56. The highest BCUT2D eigenvalue weighted by Gasteiger charge is 2.25. The summed E-state index contributed by atoms with van der Waals surface area (Å²) in [5.41, 5.74) is 2.04. The first-order chi connectivity index (χ1) is 13.5. The summed E-state index contributed by atoms with van der Waals surface area (Å²) in [6.07, 6.45) is 2.56. The van der Waals surface area contributed by atoms with Crippen molar-refractivity contribution in [3.63, 3.8) is 0 Å². The third-order valence-corrected chi connectivity index (χ3v) is 4.22. The minimum Gasteiger partial charge on any atom is -0.465 e. The van der Waals surface area contributed by atoms with E-state index in [4.69, 9.17) is 4.74 Å². The van der Waals surface area contributed by atoms with Crippen LogP contribution in [-0.2, 0) is 11.2 Å². The van der Waals surface area contributed by atoms with E-state index in [2.05, 4.69) is 25.8 Å². The Morgan fingerprint density at radius 1 is 1.36 bits per heavy atom. The molecule has 0 saturated carbocycles. The molecule has 0 bridgehead atoms. The number of esters is 1. The summed E-state index contributed by atoms with van der Waals surface area (Å²) in [4.78, 5) is 27.8. The van der Waals surface area contributed by atoms with Crippen LogP contribution in [0.3, 0.4) is 0 Å². The van der Waals surface area contributed by atoms with Crippen LogP contribution in [0.15, 0.2) is 24.5 Å². The molecule has 0 spiro atoms. The molecule has 2 heterocycles. The number of amides is 1. The van der Waals surface area contributed by atoms with E-state index in [9.17, 15) is 14.0 Å². The molecule has 0 aliphatic carbocycles. The number of methoxy groups -OCH3 is 1. The van der Waals surface area contributed by atoms with E-state index < -0.39 is 17.7 Å². The molecule has 0 unspecified atom stereocenters. The van der Waals surface area contributed by atoms with Crippen molar-refractivity contribution in [2.45, 2.75) is 26.7 Å². The second-order valence-electron chi connectivity index (χ2n) is 6.09. The highest BCUT2D eigenvalue weighted by molar-refractivity contribution is 6.07. The van der Waals surface area contributed by atoms with Crippen molar-refractivity contribution >= 4 is 17.6 Å². The van der Waals surface area contributed by atoms with Gasteiger partial charge in [0.05, 0.1) is 24.0 Å². The monoisotopic (exact) mass is 386 g/mol. The van der Waals surface area contributed by atoms with E-state index in [1.54, 1.807) is 6.92 Å². The lowest BCUT2D eigenvalue weighted by Crippen LogP contribution is -2.16. The van der Waals surface area contributed by atoms with Crippen molar-refractivity contribution in [2.24, 2.45) is 0 Å². The fraction of sp³-hybridized carbons (Fsp3) is 0.278. The Bertz CT molecular complexity index is 1010. The van der Waals surface area contributed by atoms with Crippen molar-refractivity contribution in [3.05, 3.63) is 52.9 Å². The maximum absolute atomic E-state index is 14.2. The summed E-state index contributed by atoms with van der Waals surface area (Å²) < 4.78 is 20.4. The lowest BCUT2D eigenvalue weighted by atomic mass is 10.0. The van der Waals surface area contributed by atoms with Crippen molar-refractivity contribution in [2.75, 3.05) is 12.4 Å². The van der Waals surface area contributed by atoms with Crippen LogP contribution in [0.1, 0.15) is 45.4 Å². The second-order valence-corrected chi connectivity index (χ2v) is 6.09. The van der Waals surface area contributed by atoms with Crippen LogP contribution in [-0.4, -0.2) is 44.2 Å². The normalized spacial score (nSPS) is 10.7. The second kappa shape index (κ2) is 7.99. The molecule has 2 N–H and O–H groups in total. The summed E-state index contributed by atoms with van der Waals surface area (Å²) in [6.45, 7) is 3.61. The van der Waals surface area contributed by atoms with Crippen molar-refractivity contribution in [1.82, 2.24) is 25.2 Å². The van der Waals surface area contributed by atoms with E-state index >= 15 is 0 Å². The summed E-state index contributed by atoms with van der Waals surface area (Å²) >= 11 is 0. The third-order valence-electron chi connectivity index (χ3n) is 4.22. The van der Waals surface area contributed by atoms with Crippen LogP contribution in [0.5, 0.6) is 0 Å². The predicted octanol–water partition coefficient (Wildman–Crippen LogP) is 2.43. The minimum absolute atomic E-state index is 0.0349. The number of carbonyl (C=O) groups excluding carboxylic acids is 2. The molecule has 2 aromatic heterocycles. The molecule has 146 valence electrons. The van der Waals surface area contributed by atoms with Gasteiger partial charge in [-0.15, -0.1) is 5.10 Å². The number of ether oxygens (including phenoxy) is 1. The molecule has 1 aromatic carbocycles. The lowest BCUT2D eigenvalue weighted by molar-refractivity contribution is 0.0599. The number of halogens is 1. The van der Waals surface area contributed by atoms with Gasteiger partial charge in [-0.25, -0.2) is 13.9 Å². The first-order valence-corrected chi connectivity index (χ1v) is 8.60. The number of aryl methyl sites for hydroxylation is 1. The highest BCUT2D eigenvalue weighted by Crippen LogP contribution is 2.24. The zero-order chi connectivity index (χ0) is 20.3. The summed E-state index contributed by atoms with van der Waals surface area (Å²) in [7, 11) is 1.28. The minimum atomic E-state index is -0.612. The SMILES string of the molecule is CCCc1c(C(=O)Nc2cc(-n3cnnn3)ccc2F)[nH]c(C)c1C(=O)OC. The number of aromatic amines is 1. The average molecular weight is 386 g/mol. The maximum Gasteiger partial charge on any atom is 0.339 e. The average Bonchev–Trinajstić information content (AvgIpc) is 3.32. The molecule has 0 atom stereocenters. The quantitative estimate of drug-likeness (QED) is 0.629. The van der Waals surface area contributed by atoms with Gasteiger partial charge in [-0.05, 0) is 47.5 Å². The Morgan fingerprint density at radius 3 is 2.79 bits per heavy atom. The Kier molecular flexibility index (Phi) is 5.48. The van der Waals surface area contributed by atoms with Crippen molar-refractivity contribution in [3.8, 4) is 5.69 Å². The maximum atomic E-state index is 14.2. The van der Waals surface area contributed by atoms with Crippen LogP contribution < -0.4 is 5.32 Å². The van der Waals surface area contributed by atoms with E-state index in [1.807, 2.05) is 6.92 Å². The zero-order valence-corrected chi connectivity index (χ0v) is 15.6. The molecule has 0 radical (unpaired) electrons. The van der Waals surface area contributed by atoms with Gasteiger partial charge in [0.1, 0.15) is 17.8 Å². The molecule has 3 aromatic rings. The molecule has 0 saturated heterocycles. The van der Waals surface area contributed by atoms with E-state index in [-0.39, 0.29) is 11.4 Å². The number of aromatic nitrogens is 5. The molecule has 28 heavy (non-hydrogen) atoms. The predicted molar refractivity (Wildman–Crippen MR) is 97.9 cm³/mol. The summed E-state index contributed by atoms with van der Waals surface area (Å²) in [5.74, 6) is -1.70. The molecule has 3 rings (SSSR count). The number of hydrogen-bond acceptors (Lipinski definition) is 6. The van der Waals surface area contributed by atoms with Gasteiger partial charge in [-0.3, -0.25) is 4.79 Å². The first kappa shape index (κ1) is 19.2. The largest absolute Gasteiger partial charge is 0.465 e. The number of hydrogen-bond donors (Lipinski definition) is 2. The van der Waals surface area contributed by atoms with Crippen LogP contribution in [0.2, 0.25) is 0 Å². The van der Waals surface area contributed by atoms with E-state index in [0.29, 0.717) is 35.3 Å². The van der Waals surface area contributed by atoms with Crippen molar-refractivity contribution < 1.29 is 18.7 Å². The molecule has 9 nitrogen and oxygen atoms in total. The van der Waals surface area contributed by atoms with Crippen LogP contribution in [0.4, 0.5) is 10.1 Å². The Labute approximate surface area is 159 Å². The molecule has 0 fully saturated rings. The van der Waals surface area contributed by atoms with Gasteiger partial charge in [0.15, 0.2) is 0 Å². The van der Waals surface area contributed by atoms with Gasteiger partial charge in [-0.2, -0.15) is 0 Å². The number of rotatable bonds is 6. The fourth-order valence-electron chi connectivity index (χ4n) is 2.96.